The smallest absolute Gasteiger partial charge is 0.315 e. The van der Waals surface area contributed by atoms with Crippen molar-refractivity contribution < 1.29 is 14.4 Å². The van der Waals surface area contributed by atoms with Gasteiger partial charge in [-0.1, -0.05) is 6.07 Å². The molecule has 0 aliphatic carbocycles. The highest BCUT2D eigenvalue weighted by Crippen LogP contribution is 2.35. The molecule has 1 atom stereocenters. The summed E-state index contributed by atoms with van der Waals surface area (Å²) in [6.45, 7) is 1.78. The van der Waals surface area contributed by atoms with Crippen LogP contribution >= 0.6 is 0 Å². The van der Waals surface area contributed by atoms with Crippen LogP contribution in [0.15, 0.2) is 36.5 Å². The molecule has 21 heavy (non-hydrogen) atoms. The molecule has 2 N–H and O–H groups in total. The van der Waals surface area contributed by atoms with Crippen molar-refractivity contribution in [1.29, 1.82) is 0 Å². The maximum absolute atomic E-state index is 11.1. The Hall–Kier alpha value is -2.67. The second kappa shape index (κ2) is 6.19. The molecule has 0 aliphatic heterocycles. The lowest BCUT2D eigenvalue weighted by atomic mass is 10.1. The summed E-state index contributed by atoms with van der Waals surface area (Å²) in [6.07, 6.45) is 1.54. The highest BCUT2D eigenvalue weighted by atomic mass is 16.6. The number of rotatable bonds is 5. The fourth-order valence-electron chi connectivity index (χ4n) is 1.79. The number of hydrogen-bond acceptors (Lipinski definition) is 6. The molecule has 0 aliphatic rings. The van der Waals surface area contributed by atoms with Crippen LogP contribution in [0.2, 0.25) is 0 Å². The van der Waals surface area contributed by atoms with Gasteiger partial charge in [0.05, 0.1) is 18.1 Å². The van der Waals surface area contributed by atoms with Gasteiger partial charge in [-0.2, -0.15) is 0 Å². The number of hydrogen-bond donors (Lipinski definition) is 1. The predicted molar refractivity (Wildman–Crippen MR) is 76.6 cm³/mol. The zero-order valence-corrected chi connectivity index (χ0v) is 11.6. The quantitative estimate of drug-likeness (QED) is 0.671. The van der Waals surface area contributed by atoms with Gasteiger partial charge in [-0.25, -0.2) is 4.98 Å². The summed E-state index contributed by atoms with van der Waals surface area (Å²) < 4.78 is 10.6. The lowest BCUT2D eigenvalue weighted by Crippen LogP contribution is -2.07. The van der Waals surface area contributed by atoms with Crippen molar-refractivity contribution in [2.24, 2.45) is 5.73 Å². The molecule has 0 saturated carbocycles. The average Bonchev–Trinajstić information content (AvgIpc) is 2.47. The van der Waals surface area contributed by atoms with Gasteiger partial charge in [0.1, 0.15) is 5.75 Å². The third-order valence-electron chi connectivity index (χ3n) is 2.86. The summed E-state index contributed by atoms with van der Waals surface area (Å²) in [5.41, 5.74) is 6.31. The summed E-state index contributed by atoms with van der Waals surface area (Å²) >= 11 is 0. The first-order valence-electron chi connectivity index (χ1n) is 6.23. The molecular weight excluding hydrogens is 274 g/mol. The Bertz CT molecular complexity index is 658. The number of benzene rings is 1. The van der Waals surface area contributed by atoms with Crippen LogP contribution < -0.4 is 15.2 Å². The molecule has 1 aromatic carbocycles. The van der Waals surface area contributed by atoms with Gasteiger partial charge in [-0.15, -0.1) is 0 Å². The number of nitrogens with zero attached hydrogens (tertiary/aromatic N) is 2. The molecular formula is C14H15N3O4. The first-order valence-corrected chi connectivity index (χ1v) is 6.23. The van der Waals surface area contributed by atoms with Crippen LogP contribution in [0, 0.1) is 10.1 Å². The van der Waals surface area contributed by atoms with Gasteiger partial charge in [0, 0.05) is 17.8 Å². The minimum Gasteiger partial charge on any atom is -0.496 e. The number of ether oxygens (including phenoxy) is 2. The standard InChI is InChI=1S/C14H15N3O4/c1-9(15)11-4-3-7-16-14(11)21-13-6-5-10(20-2)8-12(13)17(18)19/h3-9H,15H2,1-2H3. The normalized spacial score (nSPS) is 11.8. The summed E-state index contributed by atoms with van der Waals surface area (Å²) in [6, 6.07) is 7.54. The van der Waals surface area contributed by atoms with Gasteiger partial charge >= 0.3 is 5.69 Å². The summed E-state index contributed by atoms with van der Waals surface area (Å²) in [5, 5.41) is 11.1. The molecule has 0 fully saturated rings. The van der Waals surface area contributed by atoms with Gasteiger partial charge in [0.25, 0.3) is 0 Å². The molecule has 0 radical (unpaired) electrons. The maximum Gasteiger partial charge on any atom is 0.315 e. The number of nitro groups is 1. The topological polar surface area (TPSA) is 101 Å². The van der Waals surface area contributed by atoms with Crippen molar-refractivity contribution in [3.05, 3.63) is 52.2 Å². The maximum atomic E-state index is 11.1. The third kappa shape index (κ3) is 3.26. The first-order chi connectivity index (χ1) is 10.0. The minimum absolute atomic E-state index is 0.0846. The van der Waals surface area contributed by atoms with E-state index in [-0.39, 0.29) is 23.4 Å². The fraction of sp³-hybridized carbons (Fsp3) is 0.214. The van der Waals surface area contributed by atoms with E-state index in [1.807, 2.05) is 0 Å². The number of nitrogens with two attached hydrogens (primary N) is 1. The second-order valence-electron chi connectivity index (χ2n) is 4.38. The van der Waals surface area contributed by atoms with Gasteiger partial charge in [-0.05, 0) is 25.1 Å². The fourth-order valence-corrected chi connectivity index (χ4v) is 1.79. The number of aromatic nitrogens is 1. The highest BCUT2D eigenvalue weighted by molar-refractivity contribution is 5.52. The lowest BCUT2D eigenvalue weighted by molar-refractivity contribution is -0.385. The Morgan fingerprint density at radius 1 is 1.38 bits per heavy atom. The van der Waals surface area contributed by atoms with E-state index >= 15 is 0 Å². The molecule has 0 saturated heterocycles. The average molecular weight is 289 g/mol. The van der Waals surface area contributed by atoms with Crippen LogP contribution in [0.4, 0.5) is 5.69 Å². The van der Waals surface area contributed by atoms with Crippen molar-refractivity contribution in [1.82, 2.24) is 4.98 Å². The van der Waals surface area contributed by atoms with Crippen molar-refractivity contribution in [2.45, 2.75) is 13.0 Å². The van der Waals surface area contributed by atoms with Crippen molar-refractivity contribution in [3.63, 3.8) is 0 Å². The summed E-state index contributed by atoms with van der Waals surface area (Å²) in [4.78, 5) is 14.7. The van der Waals surface area contributed by atoms with Crippen molar-refractivity contribution in [2.75, 3.05) is 7.11 Å². The molecule has 1 unspecified atom stereocenters. The van der Waals surface area contributed by atoms with Crippen LogP contribution in [0.1, 0.15) is 18.5 Å². The molecule has 0 bridgehead atoms. The van der Waals surface area contributed by atoms with Gasteiger partial charge < -0.3 is 15.2 Å². The number of methoxy groups -OCH3 is 1. The first kappa shape index (κ1) is 14.7. The van der Waals surface area contributed by atoms with Gasteiger partial charge in [-0.3, -0.25) is 10.1 Å². The van der Waals surface area contributed by atoms with Crippen molar-refractivity contribution in [3.8, 4) is 17.4 Å². The van der Waals surface area contributed by atoms with Crippen LogP contribution in [-0.2, 0) is 0 Å². The van der Waals surface area contributed by atoms with E-state index in [2.05, 4.69) is 4.98 Å². The van der Waals surface area contributed by atoms with E-state index in [0.29, 0.717) is 11.3 Å². The molecule has 7 nitrogen and oxygen atoms in total. The van der Waals surface area contributed by atoms with Crippen LogP contribution in [-0.4, -0.2) is 17.0 Å². The molecule has 1 heterocycles. The Morgan fingerprint density at radius 2 is 2.14 bits per heavy atom. The molecule has 0 amide bonds. The van der Waals surface area contributed by atoms with Crippen LogP contribution in [0.3, 0.4) is 0 Å². The monoisotopic (exact) mass is 289 g/mol. The number of pyridine rings is 1. The molecule has 1 aromatic heterocycles. The van der Waals surface area contributed by atoms with Crippen molar-refractivity contribution >= 4 is 5.69 Å². The Labute approximate surface area is 121 Å². The van der Waals surface area contributed by atoms with Gasteiger partial charge in [0.15, 0.2) is 0 Å². The zero-order chi connectivity index (χ0) is 15.4. The van der Waals surface area contributed by atoms with E-state index in [9.17, 15) is 10.1 Å². The third-order valence-corrected chi connectivity index (χ3v) is 2.86. The molecule has 2 aromatic rings. The Morgan fingerprint density at radius 3 is 2.76 bits per heavy atom. The Balaban J connectivity index is 2.42. The highest BCUT2D eigenvalue weighted by Gasteiger charge is 2.19. The molecule has 0 spiro atoms. The minimum atomic E-state index is -0.535. The van der Waals surface area contributed by atoms with Crippen LogP contribution in [0.25, 0.3) is 0 Å². The molecule has 110 valence electrons. The molecule has 7 heteroatoms. The van der Waals surface area contributed by atoms with Gasteiger partial charge in [0.2, 0.25) is 11.6 Å². The summed E-state index contributed by atoms with van der Waals surface area (Å²) in [7, 11) is 1.44. The number of nitro benzene ring substituents is 1. The van der Waals surface area contributed by atoms with E-state index in [1.165, 1.54) is 25.4 Å². The molecule has 2 rings (SSSR count). The lowest BCUT2D eigenvalue weighted by Gasteiger charge is -2.12. The Kier molecular flexibility index (Phi) is 4.34. The summed E-state index contributed by atoms with van der Waals surface area (Å²) in [5.74, 6) is 0.713. The zero-order valence-electron chi connectivity index (χ0n) is 11.6. The van der Waals surface area contributed by atoms with E-state index < -0.39 is 4.92 Å². The van der Waals surface area contributed by atoms with E-state index in [0.717, 1.165) is 0 Å². The second-order valence-corrected chi connectivity index (χ2v) is 4.38. The largest absolute Gasteiger partial charge is 0.496 e. The SMILES string of the molecule is COc1ccc(Oc2ncccc2C(C)N)c([N+](=O)[O-])c1. The predicted octanol–water partition coefficient (Wildman–Crippen LogP) is 2.81. The van der Waals surface area contributed by atoms with E-state index in [4.69, 9.17) is 15.2 Å². The van der Waals surface area contributed by atoms with Crippen LogP contribution in [0.5, 0.6) is 17.4 Å². The van der Waals surface area contributed by atoms with E-state index in [1.54, 1.807) is 25.1 Å².